The van der Waals surface area contributed by atoms with E-state index < -0.39 is 0 Å². The number of esters is 1. The number of rotatable bonds is 5. The fourth-order valence-electron chi connectivity index (χ4n) is 2.27. The Balaban J connectivity index is 2.59. The molecule has 2 aromatic rings. The topological polar surface area (TPSA) is 60.5 Å². The first-order valence-electron chi connectivity index (χ1n) is 7.74. The Hall–Kier alpha value is -2.30. The predicted molar refractivity (Wildman–Crippen MR) is 92.2 cm³/mol. The van der Waals surface area contributed by atoms with Crippen molar-refractivity contribution in [2.45, 2.75) is 27.7 Å². The number of para-hydroxylation sites is 1. The van der Waals surface area contributed by atoms with E-state index in [9.17, 15) is 4.79 Å². The van der Waals surface area contributed by atoms with Crippen molar-refractivity contribution in [3.05, 3.63) is 30.0 Å². The largest absolute Gasteiger partial charge is 0.494 e. The number of hydrogen-bond acceptors (Lipinski definition) is 5. The molecule has 5 nitrogen and oxygen atoms in total. The first-order valence-corrected chi connectivity index (χ1v) is 7.74. The average Bonchev–Trinajstić information content (AvgIpc) is 2.51. The molecule has 1 aromatic heterocycles. The molecule has 1 N–H and O–H groups in total. The number of carbonyl (C=O) groups is 1. The van der Waals surface area contributed by atoms with E-state index in [1.165, 1.54) is 0 Å². The van der Waals surface area contributed by atoms with Crippen molar-refractivity contribution in [2.24, 2.45) is 5.41 Å². The summed E-state index contributed by atoms with van der Waals surface area (Å²) in [5.41, 5.74) is 1.97. The maximum absolute atomic E-state index is 12.3. The summed E-state index contributed by atoms with van der Waals surface area (Å²) in [7, 11) is 1.61. The second-order valence-corrected chi connectivity index (χ2v) is 6.54. The zero-order valence-electron chi connectivity index (χ0n) is 14.4. The minimum atomic E-state index is -0.374. The molecule has 0 spiro atoms. The number of carbonyl (C=O) groups excluding carboxylic acids is 1. The maximum atomic E-state index is 12.3. The van der Waals surface area contributed by atoms with Crippen LogP contribution in [0, 0.1) is 5.41 Å². The van der Waals surface area contributed by atoms with Crippen LogP contribution in [-0.2, 0) is 4.74 Å². The predicted octanol–water partition coefficient (Wildman–Crippen LogP) is 3.88. The average molecular weight is 316 g/mol. The van der Waals surface area contributed by atoms with Gasteiger partial charge in [0.25, 0.3) is 0 Å². The molecule has 0 aliphatic carbocycles. The Morgan fingerprint density at radius 2 is 2.04 bits per heavy atom. The van der Waals surface area contributed by atoms with E-state index in [0.29, 0.717) is 17.9 Å². The number of hydrogen-bond donors (Lipinski definition) is 1. The second kappa shape index (κ2) is 6.86. The van der Waals surface area contributed by atoms with Gasteiger partial charge in [-0.15, -0.1) is 0 Å². The molecule has 0 atom stereocenters. The molecule has 124 valence electrons. The lowest BCUT2D eigenvalue weighted by Crippen LogP contribution is -2.21. The molecule has 0 saturated carbocycles. The quantitative estimate of drug-likeness (QED) is 0.848. The standard InChI is InChI=1S/C18H24N2O3/c1-6-23-17(21)13-10-19-16-12(8-7-9-14(16)22-5)15(13)20-11-18(2,3)4/h7-10H,6,11H2,1-5H3,(H,19,20). The lowest BCUT2D eigenvalue weighted by molar-refractivity contribution is 0.0527. The number of pyridine rings is 1. The molecule has 0 bridgehead atoms. The van der Waals surface area contributed by atoms with Crippen LogP contribution in [0.25, 0.3) is 10.9 Å². The molecule has 0 amide bonds. The van der Waals surface area contributed by atoms with E-state index in [0.717, 1.165) is 23.1 Å². The van der Waals surface area contributed by atoms with Crippen LogP contribution in [0.5, 0.6) is 5.75 Å². The molecule has 1 aromatic carbocycles. The number of nitrogens with one attached hydrogen (secondary N) is 1. The number of aromatic nitrogens is 1. The SMILES string of the molecule is CCOC(=O)c1cnc2c(OC)cccc2c1NCC(C)(C)C. The van der Waals surface area contributed by atoms with Crippen LogP contribution in [0.15, 0.2) is 24.4 Å². The molecule has 2 rings (SSSR count). The molecular weight excluding hydrogens is 292 g/mol. The molecule has 1 heterocycles. The molecule has 0 radical (unpaired) electrons. The number of nitrogens with zero attached hydrogens (tertiary/aromatic N) is 1. The molecule has 0 aliphatic rings. The van der Waals surface area contributed by atoms with Crippen LogP contribution in [0.1, 0.15) is 38.1 Å². The van der Waals surface area contributed by atoms with Gasteiger partial charge >= 0.3 is 5.97 Å². The minimum Gasteiger partial charge on any atom is -0.494 e. The molecule has 0 saturated heterocycles. The van der Waals surface area contributed by atoms with Crippen molar-refractivity contribution in [3.8, 4) is 5.75 Å². The van der Waals surface area contributed by atoms with Gasteiger partial charge in [0.1, 0.15) is 16.8 Å². The lowest BCUT2D eigenvalue weighted by atomic mass is 9.96. The Bertz CT molecular complexity index is 705. The van der Waals surface area contributed by atoms with Gasteiger partial charge in [-0.25, -0.2) is 4.79 Å². The summed E-state index contributed by atoms with van der Waals surface area (Å²) in [6.45, 7) is 9.23. The summed E-state index contributed by atoms with van der Waals surface area (Å²) >= 11 is 0. The van der Waals surface area contributed by atoms with E-state index in [1.54, 1.807) is 20.2 Å². The smallest absolute Gasteiger partial charge is 0.341 e. The zero-order chi connectivity index (χ0) is 17.0. The van der Waals surface area contributed by atoms with Gasteiger partial charge in [-0.1, -0.05) is 32.9 Å². The third-order valence-electron chi connectivity index (χ3n) is 3.37. The van der Waals surface area contributed by atoms with E-state index in [-0.39, 0.29) is 11.4 Å². The van der Waals surface area contributed by atoms with Gasteiger partial charge in [0, 0.05) is 18.1 Å². The van der Waals surface area contributed by atoms with Gasteiger partial charge < -0.3 is 14.8 Å². The Labute approximate surface area is 137 Å². The number of fused-ring (bicyclic) bond motifs is 1. The first-order chi connectivity index (χ1) is 10.9. The van der Waals surface area contributed by atoms with Crippen LogP contribution in [0.3, 0.4) is 0 Å². The van der Waals surface area contributed by atoms with E-state index in [1.807, 2.05) is 18.2 Å². The highest BCUT2D eigenvalue weighted by Crippen LogP contribution is 2.32. The zero-order valence-corrected chi connectivity index (χ0v) is 14.4. The minimum absolute atomic E-state index is 0.0698. The Morgan fingerprint density at radius 1 is 1.30 bits per heavy atom. The van der Waals surface area contributed by atoms with E-state index in [2.05, 4.69) is 31.1 Å². The van der Waals surface area contributed by atoms with Crippen LogP contribution < -0.4 is 10.1 Å². The molecule has 0 fully saturated rings. The van der Waals surface area contributed by atoms with Gasteiger partial charge in [-0.3, -0.25) is 4.98 Å². The Kier molecular flexibility index (Phi) is 5.08. The highest BCUT2D eigenvalue weighted by atomic mass is 16.5. The van der Waals surface area contributed by atoms with Gasteiger partial charge in [0.15, 0.2) is 0 Å². The normalized spacial score (nSPS) is 11.3. The summed E-state index contributed by atoms with van der Waals surface area (Å²) in [6, 6.07) is 5.67. The fourth-order valence-corrected chi connectivity index (χ4v) is 2.27. The number of ether oxygens (including phenoxy) is 2. The molecule has 0 unspecified atom stereocenters. The van der Waals surface area contributed by atoms with Crippen molar-refractivity contribution < 1.29 is 14.3 Å². The van der Waals surface area contributed by atoms with Crippen molar-refractivity contribution >= 4 is 22.6 Å². The van der Waals surface area contributed by atoms with Crippen molar-refractivity contribution in [2.75, 3.05) is 25.6 Å². The number of anilines is 1. The fraction of sp³-hybridized carbons (Fsp3) is 0.444. The maximum Gasteiger partial charge on any atom is 0.341 e. The summed E-state index contributed by atoms with van der Waals surface area (Å²) in [5.74, 6) is 0.304. The molecule has 5 heteroatoms. The van der Waals surface area contributed by atoms with Gasteiger partial charge in [-0.2, -0.15) is 0 Å². The van der Waals surface area contributed by atoms with E-state index >= 15 is 0 Å². The highest BCUT2D eigenvalue weighted by molar-refractivity contribution is 6.06. The lowest BCUT2D eigenvalue weighted by Gasteiger charge is -2.22. The van der Waals surface area contributed by atoms with E-state index in [4.69, 9.17) is 9.47 Å². The molecular formula is C18H24N2O3. The molecule has 23 heavy (non-hydrogen) atoms. The Morgan fingerprint density at radius 3 is 2.65 bits per heavy atom. The van der Waals surface area contributed by atoms with Gasteiger partial charge in [0.2, 0.25) is 0 Å². The summed E-state index contributed by atoms with van der Waals surface area (Å²) in [5, 5.41) is 4.24. The van der Waals surface area contributed by atoms with Gasteiger partial charge in [0.05, 0.1) is 19.4 Å². The summed E-state index contributed by atoms with van der Waals surface area (Å²) in [4.78, 5) is 16.6. The monoisotopic (exact) mass is 316 g/mol. The number of methoxy groups -OCH3 is 1. The second-order valence-electron chi connectivity index (χ2n) is 6.54. The van der Waals surface area contributed by atoms with Crippen LogP contribution in [0.2, 0.25) is 0 Å². The van der Waals surface area contributed by atoms with Gasteiger partial charge in [-0.05, 0) is 18.4 Å². The third-order valence-corrected chi connectivity index (χ3v) is 3.37. The summed E-state index contributed by atoms with van der Waals surface area (Å²) < 4.78 is 10.5. The van der Waals surface area contributed by atoms with Crippen molar-refractivity contribution in [1.29, 1.82) is 0 Å². The van der Waals surface area contributed by atoms with Crippen molar-refractivity contribution in [1.82, 2.24) is 4.98 Å². The first kappa shape index (κ1) is 17.1. The summed E-state index contributed by atoms with van der Waals surface area (Å²) in [6.07, 6.45) is 1.55. The highest BCUT2D eigenvalue weighted by Gasteiger charge is 2.20. The van der Waals surface area contributed by atoms with Crippen molar-refractivity contribution in [3.63, 3.8) is 0 Å². The third kappa shape index (κ3) is 3.92. The van der Waals surface area contributed by atoms with Crippen LogP contribution >= 0.6 is 0 Å². The number of benzene rings is 1. The van der Waals surface area contributed by atoms with Crippen LogP contribution in [-0.4, -0.2) is 31.2 Å². The molecule has 0 aliphatic heterocycles. The van der Waals surface area contributed by atoms with Crippen LogP contribution in [0.4, 0.5) is 5.69 Å².